The molecule has 1 atom stereocenters. The number of ketones is 1. The smallest absolute Gasteiger partial charge is 0.258 e. The topological polar surface area (TPSA) is 55.4 Å². The van der Waals surface area contributed by atoms with Crippen molar-refractivity contribution in [3.63, 3.8) is 0 Å². The van der Waals surface area contributed by atoms with Gasteiger partial charge in [0.05, 0.1) is 11.6 Å². The SMILES string of the molecule is CC(=O)c1ccc(C)cc1OCC(=O)NC(c1cccs1)C(C)(C)C. The fourth-order valence-corrected chi connectivity index (χ4v) is 3.58. The standard InChI is InChI=1S/C20H25NO3S/c1-13-8-9-15(14(2)22)16(11-13)24-12-18(23)21-19(20(3,4)5)17-7-6-10-25-17/h6-11,19H,12H2,1-5H3,(H,21,23). The van der Waals surface area contributed by atoms with Gasteiger partial charge in [-0.1, -0.05) is 32.9 Å². The maximum atomic E-state index is 12.4. The minimum Gasteiger partial charge on any atom is -0.483 e. The normalized spacial score (nSPS) is 12.5. The largest absolute Gasteiger partial charge is 0.483 e. The number of thiophene rings is 1. The number of carbonyl (C=O) groups excluding carboxylic acids is 2. The Labute approximate surface area is 153 Å². The average Bonchev–Trinajstić information content (AvgIpc) is 3.03. The van der Waals surface area contributed by atoms with Crippen molar-refractivity contribution < 1.29 is 14.3 Å². The summed E-state index contributed by atoms with van der Waals surface area (Å²) in [5, 5.41) is 5.06. The van der Waals surface area contributed by atoms with Gasteiger partial charge in [-0.2, -0.15) is 0 Å². The summed E-state index contributed by atoms with van der Waals surface area (Å²) in [7, 11) is 0. The van der Waals surface area contributed by atoms with Crippen molar-refractivity contribution in [1.29, 1.82) is 0 Å². The van der Waals surface area contributed by atoms with Gasteiger partial charge in [-0.05, 0) is 48.4 Å². The number of amides is 1. The molecule has 1 N–H and O–H groups in total. The Morgan fingerprint density at radius 2 is 1.96 bits per heavy atom. The number of ether oxygens (including phenoxy) is 1. The number of carbonyl (C=O) groups is 2. The fraction of sp³-hybridized carbons (Fsp3) is 0.400. The molecule has 1 unspecified atom stereocenters. The second-order valence-electron chi connectivity index (χ2n) is 7.23. The quantitative estimate of drug-likeness (QED) is 0.770. The van der Waals surface area contributed by atoms with Gasteiger partial charge in [0, 0.05) is 4.88 Å². The van der Waals surface area contributed by atoms with Crippen molar-refractivity contribution in [1.82, 2.24) is 5.32 Å². The lowest BCUT2D eigenvalue weighted by atomic mass is 9.86. The molecule has 0 saturated carbocycles. The molecular weight excluding hydrogens is 334 g/mol. The molecule has 25 heavy (non-hydrogen) atoms. The first kappa shape index (κ1) is 19.2. The van der Waals surface area contributed by atoms with E-state index in [9.17, 15) is 9.59 Å². The van der Waals surface area contributed by atoms with Gasteiger partial charge in [-0.15, -0.1) is 11.3 Å². The van der Waals surface area contributed by atoms with Crippen LogP contribution in [0.3, 0.4) is 0 Å². The van der Waals surface area contributed by atoms with Crippen LogP contribution in [0.15, 0.2) is 35.7 Å². The van der Waals surface area contributed by atoms with Gasteiger partial charge in [0.1, 0.15) is 5.75 Å². The molecular formula is C20H25NO3S. The molecule has 4 nitrogen and oxygen atoms in total. The third-order valence-electron chi connectivity index (χ3n) is 3.87. The van der Waals surface area contributed by atoms with E-state index in [4.69, 9.17) is 4.74 Å². The molecule has 0 saturated heterocycles. The van der Waals surface area contributed by atoms with E-state index in [-0.39, 0.29) is 29.8 Å². The van der Waals surface area contributed by atoms with Crippen LogP contribution in [0.4, 0.5) is 0 Å². The Balaban J connectivity index is 2.08. The lowest BCUT2D eigenvalue weighted by molar-refractivity contribution is -0.124. The summed E-state index contributed by atoms with van der Waals surface area (Å²) in [4.78, 5) is 25.2. The van der Waals surface area contributed by atoms with E-state index >= 15 is 0 Å². The predicted octanol–water partition coefficient (Wildman–Crippen LogP) is 4.54. The number of Topliss-reactive ketones (excluding diaryl/α,β-unsaturated/α-hetero) is 1. The van der Waals surface area contributed by atoms with Crippen LogP contribution in [0, 0.1) is 12.3 Å². The van der Waals surface area contributed by atoms with Crippen molar-refractivity contribution in [3.8, 4) is 5.75 Å². The first-order valence-corrected chi connectivity index (χ1v) is 9.13. The van der Waals surface area contributed by atoms with Gasteiger partial charge in [0.15, 0.2) is 12.4 Å². The van der Waals surface area contributed by atoms with Crippen LogP contribution in [0.5, 0.6) is 5.75 Å². The number of nitrogens with one attached hydrogen (secondary N) is 1. The Bertz CT molecular complexity index is 745. The molecule has 0 aliphatic heterocycles. The van der Waals surface area contributed by atoms with E-state index in [2.05, 4.69) is 26.1 Å². The van der Waals surface area contributed by atoms with Gasteiger partial charge in [-0.3, -0.25) is 9.59 Å². The summed E-state index contributed by atoms with van der Waals surface area (Å²) in [5.74, 6) is 0.164. The molecule has 1 heterocycles. The van der Waals surface area contributed by atoms with E-state index in [1.54, 1.807) is 23.5 Å². The van der Waals surface area contributed by atoms with Gasteiger partial charge in [-0.25, -0.2) is 0 Å². The molecule has 1 aromatic carbocycles. The van der Waals surface area contributed by atoms with E-state index in [0.29, 0.717) is 11.3 Å². The van der Waals surface area contributed by atoms with Crippen LogP contribution in [-0.2, 0) is 4.79 Å². The monoisotopic (exact) mass is 359 g/mol. The summed E-state index contributed by atoms with van der Waals surface area (Å²) in [6.07, 6.45) is 0. The highest BCUT2D eigenvalue weighted by atomic mass is 32.1. The van der Waals surface area contributed by atoms with Crippen LogP contribution in [-0.4, -0.2) is 18.3 Å². The number of hydrogen-bond acceptors (Lipinski definition) is 4. The van der Waals surface area contributed by atoms with E-state index in [1.165, 1.54) is 6.92 Å². The molecule has 1 amide bonds. The average molecular weight is 359 g/mol. The molecule has 0 bridgehead atoms. The molecule has 0 aliphatic carbocycles. The first-order valence-electron chi connectivity index (χ1n) is 8.25. The Morgan fingerprint density at radius 3 is 2.52 bits per heavy atom. The van der Waals surface area contributed by atoms with Crippen LogP contribution in [0.1, 0.15) is 54.5 Å². The molecule has 1 aromatic heterocycles. The molecule has 0 spiro atoms. The lowest BCUT2D eigenvalue weighted by Gasteiger charge is -2.30. The van der Waals surface area contributed by atoms with Gasteiger partial charge in [0.25, 0.3) is 5.91 Å². The minimum absolute atomic E-state index is 0.0819. The minimum atomic E-state index is -0.204. The Kier molecular flexibility index (Phi) is 6.01. The maximum absolute atomic E-state index is 12.4. The van der Waals surface area contributed by atoms with Gasteiger partial charge < -0.3 is 10.1 Å². The van der Waals surface area contributed by atoms with Crippen LogP contribution < -0.4 is 10.1 Å². The summed E-state index contributed by atoms with van der Waals surface area (Å²) in [6.45, 7) is 9.56. The highest BCUT2D eigenvalue weighted by molar-refractivity contribution is 7.10. The van der Waals surface area contributed by atoms with Gasteiger partial charge >= 0.3 is 0 Å². The molecule has 2 aromatic rings. The zero-order valence-corrected chi connectivity index (χ0v) is 16.2. The number of hydrogen-bond donors (Lipinski definition) is 1. The third kappa shape index (κ3) is 5.16. The van der Waals surface area contributed by atoms with Crippen molar-refractivity contribution in [3.05, 3.63) is 51.7 Å². The van der Waals surface area contributed by atoms with E-state index < -0.39 is 0 Å². The number of aryl methyl sites for hydroxylation is 1. The van der Waals surface area contributed by atoms with Crippen molar-refractivity contribution in [2.45, 2.75) is 40.7 Å². The van der Waals surface area contributed by atoms with Crippen molar-refractivity contribution in [2.75, 3.05) is 6.61 Å². The zero-order valence-electron chi connectivity index (χ0n) is 15.4. The number of benzene rings is 1. The zero-order chi connectivity index (χ0) is 18.6. The second-order valence-corrected chi connectivity index (χ2v) is 8.21. The Hall–Kier alpha value is -2.14. The van der Waals surface area contributed by atoms with Crippen LogP contribution >= 0.6 is 11.3 Å². The summed E-state index contributed by atoms with van der Waals surface area (Å²) in [6, 6.07) is 9.28. The molecule has 134 valence electrons. The van der Waals surface area contributed by atoms with Crippen molar-refractivity contribution in [2.24, 2.45) is 5.41 Å². The van der Waals surface area contributed by atoms with E-state index in [0.717, 1.165) is 10.4 Å². The molecule has 2 rings (SSSR count). The molecule has 5 heteroatoms. The van der Waals surface area contributed by atoms with Gasteiger partial charge in [0.2, 0.25) is 0 Å². The lowest BCUT2D eigenvalue weighted by Crippen LogP contribution is -2.38. The van der Waals surface area contributed by atoms with Crippen LogP contribution in [0.2, 0.25) is 0 Å². The summed E-state index contributed by atoms with van der Waals surface area (Å²) >= 11 is 1.62. The molecule has 0 aliphatic rings. The highest BCUT2D eigenvalue weighted by Gasteiger charge is 2.28. The molecule has 0 fully saturated rings. The Morgan fingerprint density at radius 1 is 1.24 bits per heavy atom. The summed E-state index contributed by atoms with van der Waals surface area (Å²) in [5.41, 5.74) is 1.35. The maximum Gasteiger partial charge on any atom is 0.258 e. The highest BCUT2D eigenvalue weighted by Crippen LogP contribution is 2.35. The predicted molar refractivity (Wildman–Crippen MR) is 101 cm³/mol. The van der Waals surface area contributed by atoms with Crippen LogP contribution in [0.25, 0.3) is 0 Å². The van der Waals surface area contributed by atoms with Crippen molar-refractivity contribution >= 4 is 23.0 Å². The van der Waals surface area contributed by atoms with E-state index in [1.807, 2.05) is 30.5 Å². The molecule has 0 radical (unpaired) electrons. The third-order valence-corrected chi connectivity index (χ3v) is 4.81. The second kappa shape index (κ2) is 7.83. The fourth-order valence-electron chi connectivity index (χ4n) is 2.56. The number of rotatable bonds is 6. The summed E-state index contributed by atoms with van der Waals surface area (Å²) < 4.78 is 5.64. The first-order chi connectivity index (χ1) is 11.7.